The summed E-state index contributed by atoms with van der Waals surface area (Å²) in [5.74, 6) is 0.0221. The Balaban J connectivity index is 0.00000261. The highest BCUT2D eigenvalue weighted by molar-refractivity contribution is 5.97. The maximum absolute atomic E-state index is 12.5. The van der Waals surface area contributed by atoms with E-state index in [-0.39, 0.29) is 36.6 Å². The largest absolute Gasteiger partial charge is 0.495 e. The fourth-order valence-corrected chi connectivity index (χ4v) is 3.07. The van der Waals surface area contributed by atoms with Crippen molar-refractivity contribution < 1.29 is 14.3 Å². The third-order valence-electron chi connectivity index (χ3n) is 4.58. The Bertz CT molecular complexity index is 824. The molecule has 2 aromatic carbocycles. The first kappa shape index (κ1) is 20.6. The second kappa shape index (κ2) is 8.77. The van der Waals surface area contributed by atoms with Gasteiger partial charge in [0.1, 0.15) is 5.75 Å². The first-order valence-corrected chi connectivity index (χ1v) is 8.54. The number of carbonyl (C=O) groups excluding carboxylic acids is 2. The predicted molar refractivity (Wildman–Crippen MR) is 108 cm³/mol. The molecule has 0 aliphatic carbocycles. The highest BCUT2D eigenvalue weighted by atomic mass is 35.5. The van der Waals surface area contributed by atoms with Gasteiger partial charge in [-0.1, -0.05) is 29.8 Å². The van der Waals surface area contributed by atoms with Crippen molar-refractivity contribution in [2.24, 2.45) is 5.92 Å². The molecule has 3 rings (SSSR count). The number of ether oxygens (including phenoxy) is 1. The molecule has 0 radical (unpaired) electrons. The van der Waals surface area contributed by atoms with Crippen LogP contribution in [0.4, 0.5) is 11.4 Å². The Morgan fingerprint density at radius 2 is 1.96 bits per heavy atom. The molecule has 27 heavy (non-hydrogen) atoms. The lowest BCUT2D eigenvalue weighted by molar-refractivity contribution is -0.128. The number of hydrogen-bond acceptors (Lipinski definition) is 4. The van der Waals surface area contributed by atoms with Gasteiger partial charge in [-0.2, -0.15) is 0 Å². The summed E-state index contributed by atoms with van der Waals surface area (Å²) in [4.78, 5) is 26.5. The number of anilines is 2. The number of likely N-dealkylation sites (tertiary alicyclic amines) is 1. The minimum atomic E-state index is -0.365. The molecule has 0 saturated carbocycles. The van der Waals surface area contributed by atoms with Crippen LogP contribution in [0.2, 0.25) is 0 Å². The number of nitrogens with zero attached hydrogens (tertiary/aromatic N) is 1. The zero-order chi connectivity index (χ0) is 18.7. The van der Waals surface area contributed by atoms with Crippen molar-refractivity contribution in [1.29, 1.82) is 0 Å². The molecule has 3 N–H and O–H groups in total. The fraction of sp³-hybridized carbons (Fsp3) is 0.300. The predicted octanol–water partition coefficient (Wildman–Crippen LogP) is 2.99. The van der Waals surface area contributed by atoms with Gasteiger partial charge in [0.05, 0.1) is 18.7 Å². The van der Waals surface area contributed by atoms with E-state index in [1.807, 2.05) is 31.2 Å². The summed E-state index contributed by atoms with van der Waals surface area (Å²) >= 11 is 0. The van der Waals surface area contributed by atoms with Crippen LogP contribution >= 0.6 is 12.4 Å². The molecule has 1 fully saturated rings. The molecule has 0 bridgehead atoms. The van der Waals surface area contributed by atoms with Gasteiger partial charge >= 0.3 is 0 Å². The van der Waals surface area contributed by atoms with Crippen LogP contribution in [0.1, 0.15) is 17.5 Å². The van der Waals surface area contributed by atoms with Crippen LogP contribution < -0.4 is 15.8 Å². The molecule has 0 spiro atoms. The summed E-state index contributed by atoms with van der Waals surface area (Å²) in [6.07, 6.45) is 0.226. The van der Waals surface area contributed by atoms with Crippen molar-refractivity contribution in [2.45, 2.75) is 19.9 Å². The highest BCUT2D eigenvalue weighted by Crippen LogP contribution is 2.26. The maximum Gasteiger partial charge on any atom is 0.229 e. The summed E-state index contributed by atoms with van der Waals surface area (Å²) in [6, 6.07) is 13.1. The molecule has 1 unspecified atom stereocenters. The monoisotopic (exact) mass is 389 g/mol. The standard InChI is InChI=1S/C20H23N3O3.ClH/c1-13-3-5-14(6-4-13)11-23-12-15(9-19(23)24)20(25)22-16-7-8-18(26-2)17(21)10-16;/h3-8,10,15H,9,11-12,21H2,1-2H3,(H,22,25);1H. The van der Waals surface area contributed by atoms with Gasteiger partial charge in [-0.05, 0) is 30.7 Å². The quantitative estimate of drug-likeness (QED) is 0.770. The molecular formula is C20H24ClN3O3. The topological polar surface area (TPSA) is 84.7 Å². The Hall–Kier alpha value is -2.73. The van der Waals surface area contributed by atoms with Gasteiger partial charge in [0, 0.05) is 25.2 Å². The normalized spacial score (nSPS) is 16.0. The van der Waals surface area contributed by atoms with Crippen molar-refractivity contribution in [2.75, 3.05) is 24.7 Å². The molecule has 144 valence electrons. The fourth-order valence-electron chi connectivity index (χ4n) is 3.07. The SMILES string of the molecule is COc1ccc(NC(=O)C2CC(=O)N(Cc3ccc(C)cc3)C2)cc1N.Cl. The average molecular weight is 390 g/mol. The van der Waals surface area contributed by atoms with Gasteiger partial charge in [-0.15, -0.1) is 12.4 Å². The van der Waals surface area contributed by atoms with Gasteiger partial charge in [0.2, 0.25) is 11.8 Å². The van der Waals surface area contributed by atoms with Gasteiger partial charge < -0.3 is 20.7 Å². The van der Waals surface area contributed by atoms with E-state index < -0.39 is 0 Å². The smallest absolute Gasteiger partial charge is 0.229 e. The summed E-state index contributed by atoms with van der Waals surface area (Å²) < 4.78 is 5.11. The number of halogens is 1. The molecule has 2 amide bonds. The lowest BCUT2D eigenvalue weighted by atomic mass is 10.1. The van der Waals surface area contributed by atoms with Crippen LogP contribution in [0.3, 0.4) is 0 Å². The van der Waals surface area contributed by atoms with Crippen molar-refractivity contribution in [3.05, 3.63) is 53.6 Å². The van der Waals surface area contributed by atoms with E-state index in [1.165, 1.54) is 12.7 Å². The zero-order valence-electron chi connectivity index (χ0n) is 15.4. The van der Waals surface area contributed by atoms with E-state index in [0.29, 0.717) is 30.2 Å². The van der Waals surface area contributed by atoms with Gasteiger partial charge in [0.15, 0.2) is 0 Å². The second-order valence-electron chi connectivity index (χ2n) is 6.61. The van der Waals surface area contributed by atoms with Crippen molar-refractivity contribution >= 4 is 35.6 Å². The third kappa shape index (κ3) is 4.92. The maximum atomic E-state index is 12.5. The Morgan fingerprint density at radius 1 is 1.26 bits per heavy atom. The Morgan fingerprint density at radius 3 is 2.59 bits per heavy atom. The number of carbonyl (C=O) groups is 2. The van der Waals surface area contributed by atoms with E-state index in [4.69, 9.17) is 10.5 Å². The van der Waals surface area contributed by atoms with Crippen LogP contribution in [-0.4, -0.2) is 30.4 Å². The third-order valence-corrected chi connectivity index (χ3v) is 4.58. The van der Waals surface area contributed by atoms with E-state index in [1.54, 1.807) is 23.1 Å². The molecule has 2 aromatic rings. The number of nitrogens with two attached hydrogens (primary N) is 1. The Kier molecular flexibility index (Phi) is 6.69. The molecule has 6 nitrogen and oxygen atoms in total. The average Bonchev–Trinajstić information content (AvgIpc) is 2.98. The summed E-state index contributed by atoms with van der Waals surface area (Å²) in [5.41, 5.74) is 9.15. The number of nitrogen functional groups attached to an aromatic ring is 1. The van der Waals surface area contributed by atoms with E-state index >= 15 is 0 Å². The lowest BCUT2D eigenvalue weighted by Crippen LogP contribution is -2.28. The first-order valence-electron chi connectivity index (χ1n) is 8.54. The molecule has 1 atom stereocenters. The first-order chi connectivity index (χ1) is 12.5. The second-order valence-corrected chi connectivity index (χ2v) is 6.61. The van der Waals surface area contributed by atoms with Gasteiger partial charge in [0.25, 0.3) is 0 Å². The van der Waals surface area contributed by atoms with Crippen LogP contribution in [-0.2, 0) is 16.1 Å². The van der Waals surface area contributed by atoms with Crippen molar-refractivity contribution in [3.8, 4) is 5.75 Å². The minimum absolute atomic E-state index is 0. The zero-order valence-corrected chi connectivity index (χ0v) is 16.2. The molecule has 1 heterocycles. The molecular weight excluding hydrogens is 366 g/mol. The van der Waals surface area contributed by atoms with Crippen LogP contribution in [0.15, 0.2) is 42.5 Å². The summed E-state index contributed by atoms with van der Waals surface area (Å²) in [6.45, 7) is 2.97. The number of benzene rings is 2. The van der Waals surface area contributed by atoms with E-state index in [9.17, 15) is 9.59 Å². The molecule has 0 aromatic heterocycles. The van der Waals surface area contributed by atoms with Crippen LogP contribution in [0.25, 0.3) is 0 Å². The number of hydrogen-bond donors (Lipinski definition) is 2. The van der Waals surface area contributed by atoms with Crippen LogP contribution in [0.5, 0.6) is 5.75 Å². The highest BCUT2D eigenvalue weighted by Gasteiger charge is 2.34. The number of amides is 2. The molecule has 1 aliphatic rings. The minimum Gasteiger partial charge on any atom is -0.495 e. The van der Waals surface area contributed by atoms with Crippen LogP contribution in [0, 0.1) is 12.8 Å². The molecule has 7 heteroatoms. The molecule has 1 saturated heterocycles. The van der Waals surface area contributed by atoms with Crippen molar-refractivity contribution in [1.82, 2.24) is 4.90 Å². The lowest BCUT2D eigenvalue weighted by Gasteiger charge is -2.17. The van der Waals surface area contributed by atoms with Gasteiger partial charge in [-0.25, -0.2) is 0 Å². The number of aryl methyl sites for hydroxylation is 1. The number of methoxy groups -OCH3 is 1. The van der Waals surface area contributed by atoms with E-state index in [2.05, 4.69) is 5.32 Å². The van der Waals surface area contributed by atoms with E-state index in [0.717, 1.165) is 5.56 Å². The Labute approximate surface area is 165 Å². The molecule has 1 aliphatic heterocycles. The summed E-state index contributed by atoms with van der Waals surface area (Å²) in [5, 5.41) is 2.84. The van der Waals surface area contributed by atoms with Gasteiger partial charge in [-0.3, -0.25) is 9.59 Å². The van der Waals surface area contributed by atoms with Crippen molar-refractivity contribution in [3.63, 3.8) is 0 Å². The number of rotatable bonds is 5. The summed E-state index contributed by atoms with van der Waals surface area (Å²) in [7, 11) is 1.54. The number of nitrogens with one attached hydrogen (secondary N) is 1.